The first-order valence-corrected chi connectivity index (χ1v) is 9.04. The fourth-order valence-electron chi connectivity index (χ4n) is 2.37. The summed E-state index contributed by atoms with van der Waals surface area (Å²) < 4.78 is 0. The van der Waals surface area contributed by atoms with Gasteiger partial charge in [0.15, 0.2) is 0 Å². The average molecular weight is 306 g/mol. The third-order valence-electron chi connectivity index (χ3n) is 3.35. The molecule has 5 heteroatoms. The quantitative estimate of drug-likeness (QED) is 0.901. The lowest BCUT2D eigenvalue weighted by Gasteiger charge is -2.08. The molecule has 1 aliphatic heterocycles. The lowest BCUT2D eigenvalue weighted by Crippen LogP contribution is -1.96. The molecule has 2 nitrogen and oxygen atoms in total. The largest absolute Gasteiger partial charge is 0.397 e. The molecule has 0 aromatic carbocycles. The Hall–Kier alpha value is -0.960. The lowest BCUT2D eigenvalue weighted by molar-refractivity contribution is 1.13. The molecule has 2 aromatic rings. The van der Waals surface area contributed by atoms with Gasteiger partial charge in [0.1, 0.15) is 10.9 Å². The van der Waals surface area contributed by atoms with Crippen LogP contribution in [0.15, 0.2) is 6.07 Å². The monoisotopic (exact) mass is 306 g/mol. The van der Waals surface area contributed by atoms with Crippen LogP contribution in [-0.4, -0.2) is 5.75 Å². The van der Waals surface area contributed by atoms with E-state index in [4.69, 9.17) is 11.0 Å². The predicted octanol–water partition coefficient (Wildman–Crippen LogP) is 4.28. The Kier molecular flexibility index (Phi) is 3.57. The van der Waals surface area contributed by atoms with Gasteiger partial charge in [-0.25, -0.2) is 0 Å². The first-order valence-electron chi connectivity index (χ1n) is 6.25. The Balaban J connectivity index is 2.11. The normalized spacial score (nSPS) is 14.1. The Morgan fingerprint density at radius 3 is 2.95 bits per heavy atom. The second kappa shape index (κ2) is 5.20. The van der Waals surface area contributed by atoms with Crippen LogP contribution in [0, 0.1) is 11.3 Å². The molecular weight excluding hydrogens is 292 g/mol. The van der Waals surface area contributed by atoms with E-state index in [2.05, 4.69) is 19.1 Å². The number of hydrogen-bond acceptors (Lipinski definition) is 5. The average Bonchev–Trinajstić information content (AvgIpc) is 2.98. The molecular formula is C14H14N2S3. The molecule has 3 rings (SSSR count). The molecule has 0 atom stereocenters. The Labute approximate surface area is 125 Å². The molecule has 0 spiro atoms. The lowest BCUT2D eigenvalue weighted by atomic mass is 10.1. The van der Waals surface area contributed by atoms with Crippen LogP contribution in [-0.2, 0) is 18.6 Å². The summed E-state index contributed by atoms with van der Waals surface area (Å²) in [6.07, 6.45) is 2.06. The van der Waals surface area contributed by atoms with Crippen molar-refractivity contribution < 1.29 is 0 Å². The zero-order valence-electron chi connectivity index (χ0n) is 10.7. The van der Waals surface area contributed by atoms with Crippen molar-refractivity contribution in [1.29, 1.82) is 5.26 Å². The highest BCUT2D eigenvalue weighted by Crippen LogP contribution is 2.44. The van der Waals surface area contributed by atoms with Gasteiger partial charge in [-0.2, -0.15) is 17.0 Å². The maximum Gasteiger partial charge on any atom is 0.128 e. The molecule has 19 heavy (non-hydrogen) atoms. The minimum absolute atomic E-state index is 0.660. The van der Waals surface area contributed by atoms with Crippen molar-refractivity contribution in [3.8, 4) is 15.8 Å². The number of nitrogens with two attached hydrogens (primary N) is 1. The van der Waals surface area contributed by atoms with Crippen LogP contribution >= 0.6 is 34.4 Å². The van der Waals surface area contributed by atoms with Crippen LogP contribution in [0.5, 0.6) is 0 Å². The summed E-state index contributed by atoms with van der Waals surface area (Å²) >= 11 is 5.43. The first-order chi connectivity index (χ1) is 9.24. The summed E-state index contributed by atoms with van der Waals surface area (Å²) in [4.78, 5) is 4.68. The number of thioether (sulfide) groups is 1. The van der Waals surface area contributed by atoms with E-state index >= 15 is 0 Å². The van der Waals surface area contributed by atoms with Crippen LogP contribution in [0.25, 0.3) is 9.75 Å². The molecule has 2 N–H and O–H groups in total. The van der Waals surface area contributed by atoms with Crippen molar-refractivity contribution in [1.82, 2.24) is 0 Å². The summed E-state index contributed by atoms with van der Waals surface area (Å²) in [5.41, 5.74) is 9.38. The topological polar surface area (TPSA) is 49.8 Å². The van der Waals surface area contributed by atoms with Crippen molar-refractivity contribution in [2.45, 2.75) is 25.5 Å². The molecule has 0 saturated carbocycles. The van der Waals surface area contributed by atoms with Gasteiger partial charge in [-0.3, -0.25) is 0 Å². The first kappa shape index (κ1) is 13.0. The van der Waals surface area contributed by atoms with E-state index in [9.17, 15) is 0 Å². The second-order valence-electron chi connectivity index (χ2n) is 4.48. The Morgan fingerprint density at radius 2 is 2.26 bits per heavy atom. The van der Waals surface area contributed by atoms with Crippen molar-refractivity contribution in [2.24, 2.45) is 0 Å². The SMILES string of the molecule is CCc1c(-c2cc3c(s2)CCSC3)sc(C#N)c1N. The van der Waals surface area contributed by atoms with Gasteiger partial charge in [-0.15, -0.1) is 22.7 Å². The molecule has 0 fully saturated rings. The fraction of sp³-hybridized carbons (Fsp3) is 0.357. The van der Waals surface area contributed by atoms with Gasteiger partial charge in [0.05, 0.1) is 10.6 Å². The third-order valence-corrected chi connectivity index (χ3v) is 6.93. The van der Waals surface area contributed by atoms with E-state index in [0.717, 1.165) is 17.7 Å². The number of nitrogens with zero attached hydrogens (tertiary/aromatic N) is 1. The maximum absolute atomic E-state index is 9.14. The van der Waals surface area contributed by atoms with Crippen LogP contribution in [0.4, 0.5) is 5.69 Å². The molecule has 0 amide bonds. The van der Waals surface area contributed by atoms with Crippen molar-refractivity contribution in [2.75, 3.05) is 11.5 Å². The number of fused-ring (bicyclic) bond motifs is 1. The minimum atomic E-state index is 0.660. The van der Waals surface area contributed by atoms with Crippen LogP contribution < -0.4 is 5.73 Å². The van der Waals surface area contributed by atoms with Gasteiger partial charge in [0, 0.05) is 15.5 Å². The summed E-state index contributed by atoms with van der Waals surface area (Å²) in [6, 6.07) is 4.52. The van der Waals surface area contributed by atoms with Gasteiger partial charge in [-0.05, 0) is 35.8 Å². The van der Waals surface area contributed by atoms with Crippen LogP contribution in [0.3, 0.4) is 0 Å². The number of aryl methyl sites for hydroxylation is 1. The highest BCUT2D eigenvalue weighted by molar-refractivity contribution is 7.98. The summed E-state index contributed by atoms with van der Waals surface area (Å²) in [5.74, 6) is 2.35. The van der Waals surface area contributed by atoms with Crippen LogP contribution in [0.1, 0.15) is 27.8 Å². The number of nitrogen functional groups attached to an aromatic ring is 1. The van der Waals surface area contributed by atoms with E-state index in [1.807, 2.05) is 23.1 Å². The fourth-order valence-corrected chi connectivity index (χ4v) is 5.98. The molecule has 0 aliphatic carbocycles. The molecule has 0 saturated heterocycles. The highest BCUT2D eigenvalue weighted by Gasteiger charge is 2.20. The highest BCUT2D eigenvalue weighted by atomic mass is 32.2. The van der Waals surface area contributed by atoms with Crippen molar-refractivity contribution in [3.05, 3.63) is 26.9 Å². The van der Waals surface area contributed by atoms with Gasteiger partial charge >= 0.3 is 0 Å². The van der Waals surface area contributed by atoms with E-state index in [1.165, 1.54) is 32.4 Å². The smallest absolute Gasteiger partial charge is 0.128 e. The van der Waals surface area contributed by atoms with Crippen molar-refractivity contribution >= 4 is 40.1 Å². The van der Waals surface area contributed by atoms with Gasteiger partial charge < -0.3 is 5.73 Å². The predicted molar refractivity (Wildman–Crippen MR) is 86.0 cm³/mol. The molecule has 3 heterocycles. The van der Waals surface area contributed by atoms with Gasteiger partial charge in [-0.1, -0.05) is 6.92 Å². The molecule has 98 valence electrons. The molecule has 1 aliphatic rings. The van der Waals surface area contributed by atoms with E-state index in [0.29, 0.717) is 10.6 Å². The van der Waals surface area contributed by atoms with Gasteiger partial charge in [0.2, 0.25) is 0 Å². The number of thiophene rings is 2. The third kappa shape index (κ3) is 2.18. The Bertz CT molecular complexity index is 638. The Morgan fingerprint density at radius 1 is 1.42 bits per heavy atom. The summed E-state index contributed by atoms with van der Waals surface area (Å²) in [5, 5.41) is 9.14. The van der Waals surface area contributed by atoms with Crippen molar-refractivity contribution in [3.63, 3.8) is 0 Å². The second-order valence-corrected chi connectivity index (χ2v) is 7.74. The summed E-state index contributed by atoms with van der Waals surface area (Å²) in [7, 11) is 0. The standard InChI is InChI=1S/C14H14N2S3/c1-2-9-13(16)12(6-15)19-14(9)11-5-8-7-17-4-3-10(8)18-11/h5H,2-4,7,16H2,1H3. The van der Waals surface area contributed by atoms with E-state index in [-0.39, 0.29) is 0 Å². The number of nitriles is 1. The molecule has 0 bridgehead atoms. The van der Waals surface area contributed by atoms with Gasteiger partial charge in [0.25, 0.3) is 0 Å². The zero-order valence-corrected chi connectivity index (χ0v) is 13.1. The molecule has 2 aromatic heterocycles. The molecule has 0 radical (unpaired) electrons. The summed E-state index contributed by atoms with van der Waals surface area (Å²) in [6.45, 7) is 2.10. The zero-order chi connectivity index (χ0) is 13.4. The number of anilines is 1. The minimum Gasteiger partial charge on any atom is -0.397 e. The van der Waals surface area contributed by atoms with Crippen LogP contribution in [0.2, 0.25) is 0 Å². The van der Waals surface area contributed by atoms with E-state index in [1.54, 1.807) is 11.3 Å². The number of hydrogen-bond donors (Lipinski definition) is 1. The molecule has 0 unspecified atom stereocenters. The van der Waals surface area contributed by atoms with E-state index < -0.39 is 0 Å². The number of rotatable bonds is 2. The maximum atomic E-state index is 9.14.